The number of methoxy groups -OCH3 is 1. The Morgan fingerprint density at radius 1 is 1.17 bits per heavy atom. The second-order valence-corrected chi connectivity index (χ2v) is 9.97. The standard InChI is InChI=1S/C19H37N5O3S2/c1-6-24(7-2)29(25,26)18-10-9-17(28-18)11-12-21-19(20-3)22-13-15-23(4)14-8-16-27-5/h9-10H,6-8,11-16H2,1-5H3,(H2,20,21,22). The Kier molecular flexibility index (Phi) is 12.4. The van der Waals surface area contributed by atoms with Crippen LogP contribution in [0.2, 0.25) is 0 Å². The number of rotatable bonds is 14. The van der Waals surface area contributed by atoms with Crippen LogP contribution < -0.4 is 10.6 Å². The molecule has 29 heavy (non-hydrogen) atoms. The van der Waals surface area contributed by atoms with Crippen molar-refractivity contribution in [2.75, 3.05) is 67.1 Å². The van der Waals surface area contributed by atoms with Gasteiger partial charge in [-0.05, 0) is 32.0 Å². The van der Waals surface area contributed by atoms with E-state index in [0.29, 0.717) is 23.8 Å². The topological polar surface area (TPSA) is 86.3 Å². The lowest BCUT2D eigenvalue weighted by molar-refractivity contribution is 0.180. The Morgan fingerprint density at radius 2 is 1.86 bits per heavy atom. The Labute approximate surface area is 180 Å². The van der Waals surface area contributed by atoms with Gasteiger partial charge in [0.25, 0.3) is 10.0 Å². The summed E-state index contributed by atoms with van der Waals surface area (Å²) in [6.45, 7) is 8.87. The number of hydrogen-bond acceptors (Lipinski definition) is 6. The zero-order valence-electron chi connectivity index (χ0n) is 18.4. The molecule has 0 amide bonds. The van der Waals surface area contributed by atoms with E-state index in [1.54, 1.807) is 20.2 Å². The molecule has 168 valence electrons. The maximum atomic E-state index is 12.6. The number of hydrogen-bond donors (Lipinski definition) is 2. The fraction of sp³-hybridized carbons (Fsp3) is 0.737. The van der Waals surface area contributed by atoms with Crippen molar-refractivity contribution < 1.29 is 13.2 Å². The van der Waals surface area contributed by atoms with E-state index < -0.39 is 10.0 Å². The van der Waals surface area contributed by atoms with Crippen LogP contribution >= 0.6 is 11.3 Å². The summed E-state index contributed by atoms with van der Waals surface area (Å²) >= 11 is 1.34. The van der Waals surface area contributed by atoms with Crippen molar-refractivity contribution in [1.82, 2.24) is 19.8 Å². The van der Waals surface area contributed by atoms with E-state index in [9.17, 15) is 8.42 Å². The molecule has 0 fully saturated rings. The van der Waals surface area contributed by atoms with Gasteiger partial charge in [-0.1, -0.05) is 13.8 Å². The molecule has 0 aliphatic rings. The number of nitrogens with zero attached hydrogens (tertiary/aromatic N) is 3. The van der Waals surface area contributed by atoms with E-state index in [4.69, 9.17) is 4.74 Å². The Morgan fingerprint density at radius 3 is 2.48 bits per heavy atom. The number of ether oxygens (including phenoxy) is 1. The molecule has 0 atom stereocenters. The molecule has 1 heterocycles. The molecule has 0 radical (unpaired) electrons. The number of thiophene rings is 1. The molecule has 0 bridgehead atoms. The zero-order valence-corrected chi connectivity index (χ0v) is 20.0. The lowest BCUT2D eigenvalue weighted by atomic mass is 10.3. The average Bonchev–Trinajstić information content (AvgIpc) is 3.17. The van der Waals surface area contributed by atoms with Crippen molar-refractivity contribution in [2.45, 2.75) is 30.9 Å². The number of sulfonamides is 1. The van der Waals surface area contributed by atoms with Crippen LogP contribution in [0, 0.1) is 0 Å². The average molecular weight is 448 g/mol. The normalized spacial score (nSPS) is 12.7. The summed E-state index contributed by atoms with van der Waals surface area (Å²) < 4.78 is 32.1. The van der Waals surface area contributed by atoms with E-state index >= 15 is 0 Å². The summed E-state index contributed by atoms with van der Waals surface area (Å²) in [4.78, 5) is 7.53. The highest BCUT2D eigenvalue weighted by Crippen LogP contribution is 2.25. The minimum atomic E-state index is -3.37. The van der Waals surface area contributed by atoms with Gasteiger partial charge in [0.2, 0.25) is 0 Å². The van der Waals surface area contributed by atoms with Gasteiger partial charge in [-0.25, -0.2) is 8.42 Å². The van der Waals surface area contributed by atoms with E-state index in [2.05, 4.69) is 27.6 Å². The summed E-state index contributed by atoms with van der Waals surface area (Å²) in [6, 6.07) is 3.61. The monoisotopic (exact) mass is 447 g/mol. The first kappa shape index (κ1) is 25.8. The SMILES string of the molecule is CCN(CC)S(=O)(=O)c1ccc(CCNC(=NC)NCCN(C)CCCOC)s1. The summed E-state index contributed by atoms with van der Waals surface area (Å²) in [5, 5.41) is 6.59. The minimum Gasteiger partial charge on any atom is -0.385 e. The first-order valence-corrected chi connectivity index (χ1v) is 12.4. The number of guanidine groups is 1. The van der Waals surface area contributed by atoms with Gasteiger partial charge in [0, 0.05) is 64.9 Å². The van der Waals surface area contributed by atoms with E-state index in [1.807, 2.05) is 19.9 Å². The molecule has 0 aliphatic heterocycles. The van der Waals surface area contributed by atoms with Crippen LogP contribution in [0.3, 0.4) is 0 Å². The minimum absolute atomic E-state index is 0.412. The van der Waals surface area contributed by atoms with Crippen LogP contribution in [0.5, 0.6) is 0 Å². The smallest absolute Gasteiger partial charge is 0.252 e. The van der Waals surface area contributed by atoms with Crippen LogP contribution in [0.25, 0.3) is 0 Å². The van der Waals surface area contributed by atoms with Crippen LogP contribution in [-0.2, 0) is 21.2 Å². The third kappa shape index (κ3) is 9.00. The van der Waals surface area contributed by atoms with Crippen molar-refractivity contribution in [3.63, 3.8) is 0 Å². The van der Waals surface area contributed by atoms with Gasteiger partial charge >= 0.3 is 0 Å². The fourth-order valence-electron chi connectivity index (χ4n) is 2.80. The molecule has 1 aromatic heterocycles. The maximum absolute atomic E-state index is 12.6. The Hall–Kier alpha value is -1.20. The molecule has 0 spiro atoms. The van der Waals surface area contributed by atoms with Gasteiger partial charge in [-0.3, -0.25) is 4.99 Å². The third-order valence-corrected chi connectivity index (χ3v) is 8.16. The van der Waals surface area contributed by atoms with Gasteiger partial charge in [0.15, 0.2) is 5.96 Å². The largest absolute Gasteiger partial charge is 0.385 e. The lowest BCUT2D eigenvalue weighted by Crippen LogP contribution is -2.41. The van der Waals surface area contributed by atoms with Gasteiger partial charge in [-0.15, -0.1) is 11.3 Å². The van der Waals surface area contributed by atoms with Gasteiger partial charge in [0.05, 0.1) is 0 Å². The summed E-state index contributed by atoms with van der Waals surface area (Å²) in [6.07, 6.45) is 1.77. The molecule has 0 aromatic carbocycles. The van der Waals surface area contributed by atoms with Gasteiger partial charge in [-0.2, -0.15) is 4.31 Å². The number of likely N-dealkylation sites (N-methyl/N-ethyl adjacent to an activating group) is 1. The van der Waals surface area contributed by atoms with E-state index in [1.165, 1.54) is 15.6 Å². The predicted octanol–water partition coefficient (Wildman–Crippen LogP) is 1.45. The molecule has 8 nitrogen and oxygen atoms in total. The van der Waals surface area contributed by atoms with Gasteiger partial charge < -0.3 is 20.3 Å². The zero-order chi connectivity index (χ0) is 21.7. The summed E-state index contributed by atoms with van der Waals surface area (Å²) in [5.41, 5.74) is 0. The van der Waals surface area contributed by atoms with Crippen molar-refractivity contribution in [3.05, 3.63) is 17.0 Å². The van der Waals surface area contributed by atoms with Crippen LogP contribution in [0.1, 0.15) is 25.1 Å². The molecular weight excluding hydrogens is 410 g/mol. The number of aliphatic imine (C=N–C) groups is 1. The van der Waals surface area contributed by atoms with E-state index in [0.717, 1.165) is 49.9 Å². The molecule has 0 aliphatic carbocycles. The van der Waals surface area contributed by atoms with Crippen LogP contribution in [0.4, 0.5) is 0 Å². The van der Waals surface area contributed by atoms with Crippen molar-refractivity contribution in [1.29, 1.82) is 0 Å². The van der Waals surface area contributed by atoms with Gasteiger partial charge in [0.1, 0.15) is 4.21 Å². The maximum Gasteiger partial charge on any atom is 0.252 e. The molecule has 0 unspecified atom stereocenters. The fourth-order valence-corrected chi connectivity index (χ4v) is 5.77. The second-order valence-electron chi connectivity index (χ2n) is 6.64. The Balaban J connectivity index is 2.40. The molecule has 1 aromatic rings. The lowest BCUT2D eigenvalue weighted by Gasteiger charge is -2.18. The summed E-state index contributed by atoms with van der Waals surface area (Å²) in [5.74, 6) is 0.753. The molecule has 1 rings (SSSR count). The molecule has 10 heteroatoms. The van der Waals surface area contributed by atoms with Crippen LogP contribution in [0.15, 0.2) is 21.3 Å². The first-order valence-electron chi connectivity index (χ1n) is 10.1. The van der Waals surface area contributed by atoms with Crippen molar-refractivity contribution >= 4 is 27.3 Å². The molecule has 0 saturated heterocycles. The Bertz CT molecular complexity index is 702. The number of nitrogens with one attached hydrogen (secondary N) is 2. The highest BCUT2D eigenvalue weighted by Gasteiger charge is 2.23. The predicted molar refractivity (Wildman–Crippen MR) is 121 cm³/mol. The van der Waals surface area contributed by atoms with E-state index in [-0.39, 0.29) is 0 Å². The quantitative estimate of drug-likeness (QED) is 0.255. The van der Waals surface area contributed by atoms with Crippen molar-refractivity contribution in [3.8, 4) is 0 Å². The second kappa shape index (κ2) is 13.9. The van der Waals surface area contributed by atoms with Crippen molar-refractivity contribution in [2.24, 2.45) is 4.99 Å². The molecule has 2 N–H and O–H groups in total. The first-order chi connectivity index (χ1) is 13.9. The van der Waals surface area contributed by atoms with Crippen LogP contribution in [-0.4, -0.2) is 90.7 Å². The molecule has 0 saturated carbocycles. The third-order valence-electron chi connectivity index (χ3n) is 4.50. The highest BCUT2D eigenvalue weighted by molar-refractivity contribution is 7.91. The molecular formula is C19H37N5O3S2. The summed E-state index contributed by atoms with van der Waals surface area (Å²) in [7, 11) is 2.19. The highest BCUT2D eigenvalue weighted by atomic mass is 32.2.